The third kappa shape index (κ3) is 3.39. The number of carbonyl (C=O) groups excluding carboxylic acids is 1. The molecule has 0 bridgehead atoms. The van der Waals surface area contributed by atoms with Crippen LogP contribution in [0.4, 0.5) is 5.69 Å². The van der Waals surface area contributed by atoms with Gasteiger partial charge in [0.25, 0.3) is 0 Å². The van der Waals surface area contributed by atoms with Gasteiger partial charge in [-0.05, 0) is 43.4 Å². The van der Waals surface area contributed by atoms with Gasteiger partial charge >= 0.3 is 0 Å². The first-order valence-electron chi connectivity index (χ1n) is 6.44. The van der Waals surface area contributed by atoms with Crippen molar-refractivity contribution in [3.05, 3.63) is 29.8 Å². The highest BCUT2D eigenvalue weighted by Gasteiger charge is 2.23. The molecule has 0 aliphatic carbocycles. The molecule has 2 rings (SSSR count). The number of amides is 1. The topological polar surface area (TPSA) is 46.3 Å². The number of carbonyl (C=O) groups is 1. The molecule has 1 fully saturated rings. The van der Waals surface area contributed by atoms with Crippen molar-refractivity contribution < 1.29 is 4.79 Å². The fourth-order valence-corrected chi connectivity index (χ4v) is 2.64. The van der Waals surface area contributed by atoms with Crippen molar-refractivity contribution in [2.75, 3.05) is 18.8 Å². The number of nitrogens with two attached hydrogens (primary N) is 1. The van der Waals surface area contributed by atoms with Crippen LogP contribution in [0.2, 0.25) is 0 Å². The second kappa shape index (κ2) is 6.10. The van der Waals surface area contributed by atoms with E-state index in [1.54, 1.807) is 0 Å². The van der Waals surface area contributed by atoms with Gasteiger partial charge in [-0.3, -0.25) is 4.79 Å². The highest BCUT2D eigenvalue weighted by Crippen LogP contribution is 2.16. The van der Waals surface area contributed by atoms with Gasteiger partial charge < -0.3 is 10.6 Å². The zero-order chi connectivity index (χ0) is 13.0. The molecule has 0 aromatic heterocycles. The summed E-state index contributed by atoms with van der Waals surface area (Å²) in [6.45, 7) is 1.69. The molecule has 2 N–H and O–H groups in total. The number of piperidine rings is 1. The number of hydrogen-bond acceptors (Lipinski definition) is 2. The summed E-state index contributed by atoms with van der Waals surface area (Å²) in [5.41, 5.74) is 7.44. The van der Waals surface area contributed by atoms with Crippen LogP contribution in [0.25, 0.3) is 0 Å². The van der Waals surface area contributed by atoms with Crippen LogP contribution < -0.4 is 5.73 Å². The quantitative estimate of drug-likeness (QED) is 0.675. The Balaban J connectivity index is 1.94. The predicted octanol–water partition coefficient (Wildman–Crippen LogP) is 2.43. The summed E-state index contributed by atoms with van der Waals surface area (Å²) in [7, 11) is 0. The van der Waals surface area contributed by atoms with Crippen molar-refractivity contribution in [2.45, 2.75) is 31.1 Å². The maximum atomic E-state index is 12.2. The van der Waals surface area contributed by atoms with Crippen molar-refractivity contribution in [2.24, 2.45) is 0 Å². The molecule has 1 unspecified atom stereocenters. The Bertz CT molecular complexity index is 416. The Labute approximate surface area is 113 Å². The van der Waals surface area contributed by atoms with E-state index < -0.39 is 5.38 Å². The minimum atomic E-state index is -0.482. The Morgan fingerprint density at radius 3 is 2.72 bits per heavy atom. The summed E-state index contributed by atoms with van der Waals surface area (Å²) < 4.78 is 0. The van der Waals surface area contributed by atoms with Crippen molar-refractivity contribution in [3.8, 4) is 0 Å². The van der Waals surface area contributed by atoms with Crippen molar-refractivity contribution >= 4 is 23.2 Å². The summed E-state index contributed by atoms with van der Waals surface area (Å²) in [4.78, 5) is 14.0. The molecule has 1 aliphatic rings. The van der Waals surface area contributed by atoms with Crippen molar-refractivity contribution in [1.82, 2.24) is 4.90 Å². The summed E-state index contributed by atoms with van der Waals surface area (Å²) >= 11 is 6.22. The molecular formula is C14H19ClN2O. The smallest absolute Gasteiger partial charge is 0.240 e. The molecule has 1 amide bonds. The zero-order valence-electron chi connectivity index (χ0n) is 10.4. The molecule has 1 saturated heterocycles. The molecule has 3 nitrogen and oxygen atoms in total. The van der Waals surface area contributed by atoms with Crippen LogP contribution in [0.15, 0.2) is 24.3 Å². The van der Waals surface area contributed by atoms with E-state index in [0.717, 1.165) is 31.5 Å². The second-order valence-corrected chi connectivity index (χ2v) is 5.33. The van der Waals surface area contributed by atoms with Crippen LogP contribution >= 0.6 is 11.6 Å². The molecule has 18 heavy (non-hydrogen) atoms. The lowest BCUT2D eigenvalue weighted by atomic mass is 10.1. The Hall–Kier alpha value is -1.22. The van der Waals surface area contributed by atoms with Crippen LogP contribution in [-0.2, 0) is 11.2 Å². The van der Waals surface area contributed by atoms with E-state index in [-0.39, 0.29) is 5.91 Å². The molecule has 1 aromatic rings. The molecule has 1 aliphatic heterocycles. The monoisotopic (exact) mass is 266 g/mol. The summed E-state index contributed by atoms with van der Waals surface area (Å²) in [6, 6.07) is 7.55. The molecular weight excluding hydrogens is 248 g/mol. The van der Waals surface area contributed by atoms with Crippen molar-refractivity contribution in [3.63, 3.8) is 0 Å². The SMILES string of the molecule is Nc1cccc(CC(Cl)C(=O)N2CCCCC2)c1. The van der Waals surface area contributed by atoms with Crippen LogP contribution in [0.1, 0.15) is 24.8 Å². The normalized spacial score (nSPS) is 17.5. The Kier molecular flexibility index (Phi) is 4.48. The lowest BCUT2D eigenvalue weighted by Gasteiger charge is -2.28. The number of anilines is 1. The highest BCUT2D eigenvalue weighted by molar-refractivity contribution is 6.30. The first kappa shape index (κ1) is 13.2. The number of alkyl halides is 1. The molecule has 0 spiro atoms. The third-order valence-electron chi connectivity index (χ3n) is 3.30. The number of halogens is 1. The van der Waals surface area contributed by atoms with Gasteiger partial charge in [-0.25, -0.2) is 0 Å². The van der Waals surface area contributed by atoms with Crippen LogP contribution in [0.5, 0.6) is 0 Å². The summed E-state index contributed by atoms with van der Waals surface area (Å²) in [5, 5.41) is -0.482. The van der Waals surface area contributed by atoms with E-state index in [0.29, 0.717) is 12.1 Å². The zero-order valence-corrected chi connectivity index (χ0v) is 11.2. The lowest BCUT2D eigenvalue weighted by Crippen LogP contribution is -2.40. The number of benzene rings is 1. The third-order valence-corrected chi connectivity index (χ3v) is 3.64. The first-order chi connectivity index (χ1) is 8.66. The number of likely N-dealkylation sites (tertiary alicyclic amines) is 1. The standard InChI is InChI=1S/C14H19ClN2O/c15-13(10-11-5-4-6-12(16)9-11)14(18)17-7-2-1-3-8-17/h4-6,9,13H,1-3,7-8,10,16H2. The Morgan fingerprint density at radius 2 is 2.06 bits per heavy atom. The van der Waals surface area contributed by atoms with Crippen molar-refractivity contribution in [1.29, 1.82) is 0 Å². The number of nitrogen functional groups attached to an aromatic ring is 1. The molecule has 0 saturated carbocycles. The second-order valence-electron chi connectivity index (χ2n) is 4.80. The highest BCUT2D eigenvalue weighted by atomic mass is 35.5. The predicted molar refractivity (Wildman–Crippen MR) is 74.6 cm³/mol. The summed E-state index contributed by atoms with van der Waals surface area (Å²) in [6.07, 6.45) is 3.94. The maximum absolute atomic E-state index is 12.2. The van der Waals surface area contributed by atoms with Gasteiger partial charge in [0.05, 0.1) is 0 Å². The van der Waals surface area contributed by atoms with E-state index in [9.17, 15) is 4.79 Å². The van der Waals surface area contributed by atoms with Crippen LogP contribution in [-0.4, -0.2) is 29.3 Å². The molecule has 98 valence electrons. The summed E-state index contributed by atoms with van der Waals surface area (Å²) in [5.74, 6) is 0.0544. The van der Waals surface area contributed by atoms with Crippen LogP contribution in [0, 0.1) is 0 Å². The minimum absolute atomic E-state index is 0.0544. The number of nitrogens with zero attached hydrogens (tertiary/aromatic N) is 1. The van der Waals surface area contributed by atoms with Gasteiger partial charge in [0.2, 0.25) is 5.91 Å². The van der Waals surface area contributed by atoms with E-state index in [2.05, 4.69) is 0 Å². The average Bonchev–Trinajstić information content (AvgIpc) is 2.39. The van der Waals surface area contributed by atoms with Gasteiger partial charge in [-0.15, -0.1) is 11.6 Å². The molecule has 1 aromatic carbocycles. The fraction of sp³-hybridized carbons (Fsp3) is 0.500. The van der Waals surface area contributed by atoms with Gasteiger partial charge in [0.15, 0.2) is 0 Å². The van der Waals surface area contributed by atoms with Gasteiger partial charge in [0.1, 0.15) is 5.38 Å². The number of rotatable bonds is 3. The molecule has 1 heterocycles. The largest absolute Gasteiger partial charge is 0.399 e. The molecule has 4 heteroatoms. The average molecular weight is 267 g/mol. The van der Waals surface area contributed by atoms with E-state index in [1.807, 2.05) is 29.2 Å². The Morgan fingerprint density at radius 1 is 1.33 bits per heavy atom. The first-order valence-corrected chi connectivity index (χ1v) is 6.88. The lowest BCUT2D eigenvalue weighted by molar-refractivity contribution is -0.131. The molecule has 0 radical (unpaired) electrons. The van der Waals surface area contributed by atoms with Gasteiger partial charge in [-0.2, -0.15) is 0 Å². The number of hydrogen-bond donors (Lipinski definition) is 1. The fourth-order valence-electron chi connectivity index (χ4n) is 2.33. The van der Waals surface area contributed by atoms with E-state index in [4.69, 9.17) is 17.3 Å². The van der Waals surface area contributed by atoms with Gasteiger partial charge in [0, 0.05) is 18.8 Å². The minimum Gasteiger partial charge on any atom is -0.399 e. The van der Waals surface area contributed by atoms with Crippen LogP contribution in [0.3, 0.4) is 0 Å². The van der Waals surface area contributed by atoms with E-state index in [1.165, 1.54) is 6.42 Å². The maximum Gasteiger partial charge on any atom is 0.240 e. The molecule has 1 atom stereocenters. The van der Waals surface area contributed by atoms with Gasteiger partial charge in [-0.1, -0.05) is 12.1 Å². The van der Waals surface area contributed by atoms with E-state index >= 15 is 0 Å².